The largest absolute Gasteiger partial charge is 0.482 e. The molecule has 2 aromatic carbocycles. The fourth-order valence-corrected chi connectivity index (χ4v) is 3.68. The molecule has 0 saturated carbocycles. The SMILES string of the molecule is O=C(Cc1csc(NC(=O)c2ccccc2)n1)Nc1cc2c(cc1Cl)NC(=O)CO2. The first kappa shape index (κ1) is 19.9. The molecule has 8 nitrogen and oxygen atoms in total. The molecule has 2 heterocycles. The van der Waals surface area contributed by atoms with E-state index in [1.54, 1.807) is 35.7 Å². The Labute approximate surface area is 180 Å². The zero-order valence-corrected chi connectivity index (χ0v) is 17.0. The summed E-state index contributed by atoms with van der Waals surface area (Å²) in [7, 11) is 0. The molecule has 0 bridgehead atoms. The van der Waals surface area contributed by atoms with Gasteiger partial charge in [0.15, 0.2) is 11.7 Å². The monoisotopic (exact) mass is 442 g/mol. The van der Waals surface area contributed by atoms with Crippen LogP contribution in [0.3, 0.4) is 0 Å². The Hall–Kier alpha value is -3.43. The molecule has 152 valence electrons. The highest BCUT2D eigenvalue weighted by atomic mass is 35.5. The van der Waals surface area contributed by atoms with E-state index >= 15 is 0 Å². The maximum Gasteiger partial charge on any atom is 0.262 e. The summed E-state index contributed by atoms with van der Waals surface area (Å²) < 4.78 is 5.34. The van der Waals surface area contributed by atoms with Gasteiger partial charge in [-0.15, -0.1) is 11.3 Å². The van der Waals surface area contributed by atoms with Crippen LogP contribution in [-0.2, 0) is 16.0 Å². The number of carbonyl (C=O) groups excluding carboxylic acids is 3. The number of aromatic nitrogens is 1. The minimum absolute atomic E-state index is 0.00269. The van der Waals surface area contributed by atoms with Crippen LogP contribution < -0.4 is 20.7 Å². The summed E-state index contributed by atoms with van der Waals surface area (Å²) in [5.41, 5.74) is 1.85. The van der Waals surface area contributed by atoms with E-state index in [9.17, 15) is 14.4 Å². The highest BCUT2D eigenvalue weighted by molar-refractivity contribution is 7.14. The van der Waals surface area contributed by atoms with Crippen molar-refractivity contribution in [3.8, 4) is 5.75 Å². The third-order valence-electron chi connectivity index (χ3n) is 4.13. The van der Waals surface area contributed by atoms with E-state index in [4.69, 9.17) is 16.3 Å². The van der Waals surface area contributed by atoms with Gasteiger partial charge < -0.3 is 15.4 Å². The molecule has 4 rings (SSSR count). The predicted octanol–water partition coefficient (Wildman–Crippen LogP) is 3.56. The van der Waals surface area contributed by atoms with E-state index in [2.05, 4.69) is 20.9 Å². The molecular formula is C20H15ClN4O4S. The van der Waals surface area contributed by atoms with Crippen molar-refractivity contribution in [1.82, 2.24) is 4.98 Å². The second-order valence-electron chi connectivity index (χ2n) is 6.35. The summed E-state index contributed by atoms with van der Waals surface area (Å²) >= 11 is 7.43. The van der Waals surface area contributed by atoms with Crippen molar-refractivity contribution >= 4 is 57.2 Å². The Bertz CT molecular complexity index is 1130. The van der Waals surface area contributed by atoms with E-state index in [0.717, 1.165) is 0 Å². The lowest BCUT2D eigenvalue weighted by Gasteiger charge is -2.19. The highest BCUT2D eigenvalue weighted by Gasteiger charge is 2.19. The third kappa shape index (κ3) is 4.58. The predicted molar refractivity (Wildman–Crippen MR) is 114 cm³/mol. The first-order valence-electron chi connectivity index (χ1n) is 8.85. The number of hydrogen-bond acceptors (Lipinski definition) is 6. The highest BCUT2D eigenvalue weighted by Crippen LogP contribution is 2.36. The van der Waals surface area contributed by atoms with Gasteiger partial charge in [-0.3, -0.25) is 19.7 Å². The smallest absolute Gasteiger partial charge is 0.262 e. The van der Waals surface area contributed by atoms with E-state index in [0.29, 0.717) is 33.5 Å². The quantitative estimate of drug-likeness (QED) is 0.559. The van der Waals surface area contributed by atoms with Gasteiger partial charge in [-0.05, 0) is 18.2 Å². The van der Waals surface area contributed by atoms with Gasteiger partial charge >= 0.3 is 0 Å². The molecule has 0 fully saturated rings. The minimum atomic E-state index is -0.331. The van der Waals surface area contributed by atoms with Gasteiger partial charge in [-0.25, -0.2) is 4.98 Å². The zero-order chi connectivity index (χ0) is 21.1. The van der Waals surface area contributed by atoms with Crippen molar-refractivity contribution in [2.75, 3.05) is 22.6 Å². The molecule has 10 heteroatoms. The van der Waals surface area contributed by atoms with Gasteiger partial charge in [0.25, 0.3) is 11.8 Å². The molecule has 0 spiro atoms. The number of amides is 3. The van der Waals surface area contributed by atoms with Gasteiger partial charge in [0.05, 0.1) is 28.5 Å². The van der Waals surface area contributed by atoms with Crippen LogP contribution in [0, 0.1) is 0 Å². The lowest BCUT2D eigenvalue weighted by molar-refractivity contribution is -0.118. The van der Waals surface area contributed by atoms with E-state index in [1.165, 1.54) is 17.4 Å². The third-order valence-corrected chi connectivity index (χ3v) is 5.25. The number of thiazole rings is 1. The van der Waals surface area contributed by atoms with Crippen LogP contribution in [-0.4, -0.2) is 29.3 Å². The fraction of sp³-hybridized carbons (Fsp3) is 0.100. The molecule has 0 aliphatic carbocycles. The van der Waals surface area contributed by atoms with Gasteiger partial charge in [0.1, 0.15) is 5.75 Å². The summed E-state index contributed by atoms with van der Waals surface area (Å²) in [4.78, 5) is 40.2. The molecule has 1 aromatic heterocycles. The standard InChI is InChI=1S/C20H15ClN4O4S/c21-13-7-15-16(29-9-18(27)24-15)8-14(13)23-17(26)6-12-10-30-20(22-12)25-19(28)11-4-2-1-3-5-11/h1-5,7-8,10H,6,9H2,(H,23,26)(H,24,27)(H,22,25,28). The lowest BCUT2D eigenvalue weighted by Crippen LogP contribution is -2.25. The van der Waals surface area contributed by atoms with Gasteiger partial charge in [-0.2, -0.15) is 0 Å². The first-order valence-corrected chi connectivity index (χ1v) is 10.1. The molecule has 0 saturated heterocycles. The van der Waals surface area contributed by atoms with Crippen molar-refractivity contribution in [3.05, 3.63) is 64.1 Å². The van der Waals surface area contributed by atoms with Crippen molar-refractivity contribution < 1.29 is 19.1 Å². The summed E-state index contributed by atoms with van der Waals surface area (Å²) in [5, 5.41) is 10.4. The summed E-state index contributed by atoms with van der Waals surface area (Å²) in [6.45, 7) is -0.0989. The van der Waals surface area contributed by atoms with E-state index in [1.807, 2.05) is 6.07 Å². The van der Waals surface area contributed by atoms with Crippen LogP contribution in [0.5, 0.6) is 5.75 Å². The molecule has 3 aromatic rings. The van der Waals surface area contributed by atoms with Gasteiger partial charge in [0, 0.05) is 17.0 Å². The molecule has 0 atom stereocenters. The van der Waals surface area contributed by atoms with Crippen molar-refractivity contribution in [2.24, 2.45) is 0 Å². The molecule has 3 amide bonds. The van der Waals surface area contributed by atoms with Crippen molar-refractivity contribution in [3.63, 3.8) is 0 Å². The number of fused-ring (bicyclic) bond motifs is 1. The second-order valence-corrected chi connectivity index (χ2v) is 7.62. The Morgan fingerprint density at radius 2 is 2.00 bits per heavy atom. The Balaban J connectivity index is 1.38. The molecule has 3 N–H and O–H groups in total. The Morgan fingerprint density at radius 1 is 1.20 bits per heavy atom. The Kier molecular flexibility index (Phi) is 5.64. The molecule has 30 heavy (non-hydrogen) atoms. The van der Waals surface area contributed by atoms with Gasteiger partial charge in [0.2, 0.25) is 5.91 Å². The molecule has 0 radical (unpaired) electrons. The average Bonchev–Trinajstić information content (AvgIpc) is 3.16. The number of anilines is 3. The summed E-state index contributed by atoms with van der Waals surface area (Å²) in [6.07, 6.45) is 0.00269. The molecule has 0 unspecified atom stereocenters. The van der Waals surface area contributed by atoms with E-state index in [-0.39, 0.29) is 35.8 Å². The van der Waals surface area contributed by atoms with Crippen molar-refractivity contribution in [2.45, 2.75) is 6.42 Å². The molecular weight excluding hydrogens is 428 g/mol. The van der Waals surface area contributed by atoms with Crippen LogP contribution in [0.25, 0.3) is 0 Å². The van der Waals surface area contributed by atoms with Crippen molar-refractivity contribution in [1.29, 1.82) is 0 Å². The maximum atomic E-state index is 12.4. The number of nitrogens with zero attached hydrogens (tertiary/aromatic N) is 1. The molecule has 1 aliphatic heterocycles. The Morgan fingerprint density at radius 3 is 2.80 bits per heavy atom. The zero-order valence-electron chi connectivity index (χ0n) is 15.4. The average molecular weight is 443 g/mol. The van der Waals surface area contributed by atoms with Crippen LogP contribution in [0.4, 0.5) is 16.5 Å². The maximum absolute atomic E-state index is 12.4. The number of hydrogen-bond donors (Lipinski definition) is 3. The normalized spacial score (nSPS) is 12.4. The number of ether oxygens (including phenoxy) is 1. The lowest BCUT2D eigenvalue weighted by atomic mass is 10.2. The second kappa shape index (κ2) is 8.52. The number of benzene rings is 2. The van der Waals surface area contributed by atoms with Crippen LogP contribution >= 0.6 is 22.9 Å². The summed E-state index contributed by atoms with van der Waals surface area (Å²) in [6, 6.07) is 11.9. The van der Waals surface area contributed by atoms with Gasteiger partial charge in [-0.1, -0.05) is 29.8 Å². The first-order chi connectivity index (χ1) is 14.5. The molecule has 1 aliphatic rings. The summed E-state index contributed by atoms with van der Waals surface area (Å²) in [5.74, 6) is -0.445. The van der Waals surface area contributed by atoms with Crippen LogP contribution in [0.2, 0.25) is 5.02 Å². The van der Waals surface area contributed by atoms with Crippen LogP contribution in [0.15, 0.2) is 47.8 Å². The van der Waals surface area contributed by atoms with Crippen LogP contribution in [0.1, 0.15) is 16.1 Å². The topological polar surface area (TPSA) is 109 Å². The number of nitrogens with one attached hydrogen (secondary N) is 3. The van der Waals surface area contributed by atoms with E-state index < -0.39 is 0 Å². The minimum Gasteiger partial charge on any atom is -0.482 e. The number of halogens is 1. The number of carbonyl (C=O) groups is 3. The number of rotatable bonds is 5. The fourth-order valence-electron chi connectivity index (χ4n) is 2.76.